The number of thiophene rings is 1. The summed E-state index contributed by atoms with van der Waals surface area (Å²) in [5.41, 5.74) is 1.45. The van der Waals surface area contributed by atoms with Crippen molar-refractivity contribution in [1.29, 1.82) is 0 Å². The summed E-state index contributed by atoms with van der Waals surface area (Å²) >= 11 is 1.60. The molecule has 2 aromatic rings. The van der Waals surface area contributed by atoms with Gasteiger partial charge in [-0.3, -0.25) is 9.69 Å². The number of likely N-dealkylation sites (tertiary alicyclic amines) is 1. The van der Waals surface area contributed by atoms with Gasteiger partial charge in [0.25, 0.3) is 5.91 Å². The van der Waals surface area contributed by atoms with E-state index in [9.17, 15) is 9.59 Å². The summed E-state index contributed by atoms with van der Waals surface area (Å²) in [7, 11) is 0. The van der Waals surface area contributed by atoms with Crippen molar-refractivity contribution in [2.45, 2.75) is 38.5 Å². The summed E-state index contributed by atoms with van der Waals surface area (Å²) < 4.78 is 5.77. The van der Waals surface area contributed by atoms with Crippen LogP contribution in [0, 0.1) is 0 Å². The number of carbonyl (C=O) groups is 2. The highest BCUT2D eigenvalue weighted by atomic mass is 32.1. The Bertz CT molecular complexity index is 882. The number of esters is 1. The zero-order valence-corrected chi connectivity index (χ0v) is 16.8. The number of benzene rings is 1. The molecular formula is C22H24N2O3S. The van der Waals surface area contributed by atoms with Crippen molar-refractivity contribution < 1.29 is 14.3 Å². The normalized spacial score (nSPS) is 19.1. The lowest BCUT2D eigenvalue weighted by Crippen LogP contribution is -2.48. The maximum atomic E-state index is 12.9. The summed E-state index contributed by atoms with van der Waals surface area (Å²) in [6.45, 7) is 4.62. The summed E-state index contributed by atoms with van der Waals surface area (Å²) in [6.07, 6.45) is 1.29. The quantitative estimate of drug-likeness (QED) is 0.788. The fourth-order valence-electron chi connectivity index (χ4n) is 4.06. The molecule has 2 aliphatic heterocycles. The van der Waals surface area contributed by atoms with Gasteiger partial charge in [-0.05, 0) is 23.9 Å². The highest BCUT2D eigenvalue weighted by molar-refractivity contribution is 7.09. The van der Waals surface area contributed by atoms with Crippen LogP contribution in [-0.2, 0) is 27.4 Å². The van der Waals surface area contributed by atoms with Gasteiger partial charge in [-0.15, -0.1) is 11.3 Å². The van der Waals surface area contributed by atoms with Gasteiger partial charge in [0, 0.05) is 42.9 Å². The van der Waals surface area contributed by atoms with E-state index in [2.05, 4.69) is 22.3 Å². The number of hydrogen-bond donors (Lipinski definition) is 1. The number of piperidine rings is 1. The molecule has 2 aliphatic rings. The maximum absolute atomic E-state index is 12.9. The third-order valence-electron chi connectivity index (χ3n) is 5.57. The number of amides is 1. The molecule has 1 aromatic heterocycles. The molecule has 3 heterocycles. The van der Waals surface area contributed by atoms with Gasteiger partial charge in [0.05, 0.1) is 12.1 Å². The van der Waals surface area contributed by atoms with Crippen LogP contribution in [0.1, 0.15) is 30.2 Å². The van der Waals surface area contributed by atoms with E-state index in [-0.39, 0.29) is 11.9 Å². The second-order valence-electron chi connectivity index (χ2n) is 7.41. The zero-order chi connectivity index (χ0) is 19.6. The average Bonchev–Trinajstić information content (AvgIpc) is 3.30. The van der Waals surface area contributed by atoms with E-state index < -0.39 is 5.60 Å². The smallest absolute Gasteiger partial charge is 0.335 e. The summed E-state index contributed by atoms with van der Waals surface area (Å²) in [5.74, 6) is -0.550. The minimum Gasteiger partial charge on any atom is -0.450 e. The van der Waals surface area contributed by atoms with Gasteiger partial charge >= 0.3 is 5.97 Å². The van der Waals surface area contributed by atoms with E-state index in [1.54, 1.807) is 18.3 Å². The van der Waals surface area contributed by atoms with Crippen LogP contribution < -0.4 is 5.32 Å². The van der Waals surface area contributed by atoms with E-state index in [4.69, 9.17) is 4.74 Å². The monoisotopic (exact) mass is 396 g/mol. The zero-order valence-electron chi connectivity index (χ0n) is 15.9. The highest BCUT2D eigenvalue weighted by Crippen LogP contribution is 2.41. The standard InChI is InChI=1S/C22H24N2O3S/c1-16-19(20(25)23-14-18-8-5-13-28-18)22(27-21(16)26)9-11-24(12-10-22)15-17-6-3-2-4-7-17/h2-8,13H,9-12,14-15H2,1H3,(H,23,25). The van der Waals surface area contributed by atoms with Crippen LogP contribution in [0.15, 0.2) is 59.0 Å². The second kappa shape index (κ2) is 7.89. The number of nitrogens with one attached hydrogen (secondary N) is 1. The molecule has 28 heavy (non-hydrogen) atoms. The Morgan fingerprint density at radius 3 is 2.61 bits per heavy atom. The van der Waals surface area contributed by atoms with Crippen molar-refractivity contribution in [2.75, 3.05) is 13.1 Å². The van der Waals surface area contributed by atoms with E-state index in [1.165, 1.54) is 5.56 Å². The van der Waals surface area contributed by atoms with Crippen molar-refractivity contribution in [3.05, 3.63) is 69.4 Å². The van der Waals surface area contributed by atoms with Gasteiger partial charge in [0.1, 0.15) is 5.60 Å². The van der Waals surface area contributed by atoms with Crippen molar-refractivity contribution in [2.24, 2.45) is 0 Å². The fraction of sp³-hybridized carbons (Fsp3) is 0.364. The molecule has 1 saturated heterocycles. The first-order valence-corrected chi connectivity index (χ1v) is 10.5. The maximum Gasteiger partial charge on any atom is 0.335 e. The molecule has 146 valence electrons. The molecule has 5 nitrogen and oxygen atoms in total. The van der Waals surface area contributed by atoms with E-state index >= 15 is 0 Å². The lowest BCUT2D eigenvalue weighted by atomic mass is 9.82. The third-order valence-corrected chi connectivity index (χ3v) is 6.44. The van der Waals surface area contributed by atoms with Crippen molar-refractivity contribution in [3.63, 3.8) is 0 Å². The number of ether oxygens (including phenoxy) is 1. The third kappa shape index (κ3) is 3.75. The predicted octanol–water partition coefficient (Wildman–Crippen LogP) is 3.27. The Balaban J connectivity index is 1.44. The minimum absolute atomic E-state index is 0.187. The summed E-state index contributed by atoms with van der Waals surface area (Å²) in [6, 6.07) is 14.3. The van der Waals surface area contributed by atoms with E-state index in [1.807, 2.05) is 35.7 Å². The molecule has 1 N–H and O–H groups in total. The van der Waals surface area contributed by atoms with Gasteiger partial charge < -0.3 is 10.1 Å². The number of nitrogens with zero attached hydrogens (tertiary/aromatic N) is 1. The Labute approximate surface area is 169 Å². The van der Waals surface area contributed by atoms with E-state index in [0.717, 1.165) is 24.5 Å². The molecule has 4 rings (SSSR count). The number of carbonyl (C=O) groups excluding carboxylic acids is 2. The summed E-state index contributed by atoms with van der Waals surface area (Å²) in [4.78, 5) is 28.7. The minimum atomic E-state index is -0.784. The largest absolute Gasteiger partial charge is 0.450 e. The van der Waals surface area contributed by atoms with Gasteiger partial charge in [-0.2, -0.15) is 0 Å². The molecule has 0 unspecified atom stereocenters. The fourth-order valence-corrected chi connectivity index (χ4v) is 4.71. The summed E-state index contributed by atoms with van der Waals surface area (Å²) in [5, 5.41) is 4.95. The second-order valence-corrected chi connectivity index (χ2v) is 8.44. The van der Waals surface area contributed by atoms with Gasteiger partial charge in [0.15, 0.2) is 0 Å². The van der Waals surface area contributed by atoms with Gasteiger partial charge in [-0.25, -0.2) is 4.79 Å². The Kier molecular flexibility index (Phi) is 5.33. The molecule has 6 heteroatoms. The lowest BCUT2D eigenvalue weighted by Gasteiger charge is -2.39. The molecule has 1 aromatic carbocycles. The van der Waals surface area contributed by atoms with Gasteiger partial charge in [-0.1, -0.05) is 36.4 Å². The molecule has 0 radical (unpaired) electrons. The first kappa shape index (κ1) is 18.9. The van der Waals surface area contributed by atoms with Crippen molar-refractivity contribution in [1.82, 2.24) is 10.2 Å². The number of hydrogen-bond acceptors (Lipinski definition) is 5. The topological polar surface area (TPSA) is 58.6 Å². The lowest BCUT2D eigenvalue weighted by molar-refractivity contribution is -0.151. The van der Waals surface area contributed by atoms with Crippen molar-refractivity contribution in [3.8, 4) is 0 Å². The van der Waals surface area contributed by atoms with Crippen LogP contribution >= 0.6 is 11.3 Å². The Hall–Kier alpha value is -2.44. The van der Waals surface area contributed by atoms with Crippen LogP contribution in [0.2, 0.25) is 0 Å². The van der Waals surface area contributed by atoms with Crippen LogP contribution in [0.25, 0.3) is 0 Å². The molecule has 0 aliphatic carbocycles. The van der Waals surface area contributed by atoms with Crippen LogP contribution in [0.5, 0.6) is 0 Å². The molecular weight excluding hydrogens is 372 g/mol. The molecule has 1 fully saturated rings. The first-order valence-electron chi connectivity index (χ1n) is 9.59. The Morgan fingerprint density at radius 2 is 1.93 bits per heavy atom. The molecule has 1 amide bonds. The number of rotatable bonds is 5. The SMILES string of the molecule is CC1=C(C(=O)NCc2cccs2)C2(CCN(Cc3ccccc3)CC2)OC1=O. The molecule has 0 atom stereocenters. The molecule has 0 saturated carbocycles. The first-order chi connectivity index (χ1) is 13.6. The van der Waals surface area contributed by atoms with E-state index in [0.29, 0.717) is 30.5 Å². The van der Waals surface area contributed by atoms with Gasteiger partial charge in [0.2, 0.25) is 0 Å². The van der Waals surface area contributed by atoms with Crippen LogP contribution in [0.3, 0.4) is 0 Å². The van der Waals surface area contributed by atoms with Crippen LogP contribution in [0.4, 0.5) is 0 Å². The predicted molar refractivity (Wildman–Crippen MR) is 109 cm³/mol. The Morgan fingerprint density at radius 1 is 1.18 bits per heavy atom. The van der Waals surface area contributed by atoms with Crippen molar-refractivity contribution >= 4 is 23.2 Å². The van der Waals surface area contributed by atoms with Crippen LogP contribution in [-0.4, -0.2) is 35.5 Å². The molecule has 1 spiro atoms. The average molecular weight is 397 g/mol. The molecule has 0 bridgehead atoms. The highest BCUT2D eigenvalue weighted by Gasteiger charge is 2.50.